The zero-order valence-corrected chi connectivity index (χ0v) is 32.3. The zero-order valence-electron chi connectivity index (χ0n) is 27.5. The van der Waals surface area contributed by atoms with Crippen molar-refractivity contribution in [3.63, 3.8) is 0 Å². The van der Waals surface area contributed by atoms with E-state index < -0.39 is 23.7 Å². The summed E-state index contributed by atoms with van der Waals surface area (Å²) in [6.45, 7) is 0. The average molecular weight is 880 g/mol. The zero-order chi connectivity index (χ0) is 36.3. The van der Waals surface area contributed by atoms with Crippen molar-refractivity contribution >= 4 is 89.0 Å². The first-order chi connectivity index (χ1) is 24.5. The van der Waals surface area contributed by atoms with E-state index in [1.165, 1.54) is 18.1 Å². The number of halogens is 3. The molecular weight excluding hydrogens is 850 g/mol. The van der Waals surface area contributed by atoms with E-state index in [-0.39, 0.29) is 52.2 Å². The molecule has 1 heterocycles. The summed E-state index contributed by atoms with van der Waals surface area (Å²) in [5, 5.41) is 10.7. The molecule has 12 heteroatoms. The summed E-state index contributed by atoms with van der Waals surface area (Å²) in [5.41, 5.74) is 4.10. The van der Waals surface area contributed by atoms with E-state index in [1.807, 2.05) is 48.6 Å². The van der Waals surface area contributed by atoms with Gasteiger partial charge in [0.05, 0.1) is 47.8 Å². The summed E-state index contributed by atoms with van der Waals surface area (Å²) >= 11 is 10.3. The summed E-state index contributed by atoms with van der Waals surface area (Å²) in [4.78, 5) is 56.9. The number of rotatable bonds is 7. The van der Waals surface area contributed by atoms with Gasteiger partial charge in [0.25, 0.3) is 0 Å². The highest BCUT2D eigenvalue weighted by molar-refractivity contribution is 9.13. The summed E-state index contributed by atoms with van der Waals surface area (Å²) < 4.78 is 17.2. The molecule has 0 saturated carbocycles. The van der Waals surface area contributed by atoms with E-state index in [0.29, 0.717) is 42.8 Å². The number of ether oxygens (including phenoxy) is 3. The Morgan fingerprint density at radius 3 is 2.24 bits per heavy atom. The molecule has 3 aromatic carbocycles. The van der Waals surface area contributed by atoms with Gasteiger partial charge in [-0.25, -0.2) is 0 Å². The summed E-state index contributed by atoms with van der Waals surface area (Å²) in [6, 6.07) is 14.3. The lowest BCUT2D eigenvalue weighted by Crippen LogP contribution is -2.39. The maximum atomic E-state index is 14.4. The van der Waals surface area contributed by atoms with E-state index >= 15 is 0 Å². The highest BCUT2D eigenvalue weighted by Gasteiger charge is 2.57. The molecule has 3 aromatic rings. The second-order valence-electron chi connectivity index (χ2n) is 12.6. The number of amides is 2. The molecule has 0 radical (unpaired) electrons. The molecule has 2 amide bonds. The van der Waals surface area contributed by atoms with Gasteiger partial charge < -0.3 is 19.3 Å². The predicted octanol–water partition coefficient (Wildman–Crippen LogP) is 8.08. The second kappa shape index (κ2) is 13.7. The molecule has 4 atom stereocenters. The van der Waals surface area contributed by atoms with Crippen LogP contribution in [0.5, 0.6) is 23.0 Å². The van der Waals surface area contributed by atoms with Crippen molar-refractivity contribution in [2.75, 3.05) is 26.2 Å². The normalized spacial score (nSPS) is 22.8. The van der Waals surface area contributed by atoms with Gasteiger partial charge in [-0.2, -0.15) is 0 Å². The standard InChI is InChI=1S/C39H30Br3NO8/c1-49-21-10-13-29(50-2)19(14-21)7-4-18-5-8-20(9-6-18)43-38(47)23-12-11-22-24(32(23)39(43)48)15-26-33(28(44)17-27(40)36(26)45)31(22)25-16-30(51-3)37(46)35(42)34(25)41/h4-11,13-14,16-17,23-24,31-32,46H,12,15H2,1-3H3. The number of Topliss-reactive ketones (excluding diaryl/α,β-unsaturated/α-hetero) is 1. The van der Waals surface area contributed by atoms with Crippen LogP contribution in [0.2, 0.25) is 0 Å². The maximum absolute atomic E-state index is 14.4. The monoisotopic (exact) mass is 877 g/mol. The number of methoxy groups -OCH3 is 3. The minimum Gasteiger partial charge on any atom is -0.503 e. The SMILES string of the molecule is COc1ccc(OC)c(C=Cc2ccc(N3C(=O)C4CC=C5C(c6cc(OC)c(O)c(Br)c6Br)C6=C(CC5C4C3=O)C(=O)C(Br)=CC6=O)cc2)c1. The van der Waals surface area contributed by atoms with Gasteiger partial charge in [0.2, 0.25) is 11.8 Å². The van der Waals surface area contributed by atoms with Crippen molar-refractivity contribution in [2.45, 2.75) is 18.8 Å². The van der Waals surface area contributed by atoms with Crippen LogP contribution in [0.1, 0.15) is 35.4 Å². The second-order valence-corrected chi connectivity index (χ2v) is 15.0. The molecule has 7 rings (SSSR count). The molecule has 1 N–H and O–H groups in total. The van der Waals surface area contributed by atoms with Crippen molar-refractivity contribution in [3.05, 3.63) is 108 Å². The van der Waals surface area contributed by atoms with Gasteiger partial charge in [-0.1, -0.05) is 35.9 Å². The Morgan fingerprint density at radius 2 is 1.55 bits per heavy atom. The number of fused-ring (bicyclic) bond motifs is 3. The molecule has 51 heavy (non-hydrogen) atoms. The molecular formula is C39H30Br3NO8. The summed E-state index contributed by atoms with van der Waals surface area (Å²) in [5.74, 6) is -2.54. The van der Waals surface area contributed by atoms with Crippen LogP contribution in [0.25, 0.3) is 12.2 Å². The molecule has 4 unspecified atom stereocenters. The lowest BCUT2D eigenvalue weighted by atomic mass is 9.59. The van der Waals surface area contributed by atoms with Gasteiger partial charge >= 0.3 is 0 Å². The number of carbonyl (C=O) groups excluding carboxylic acids is 4. The number of ketones is 2. The molecule has 1 fully saturated rings. The number of allylic oxidation sites excluding steroid dienone is 6. The van der Waals surface area contributed by atoms with Gasteiger partial charge in [0, 0.05) is 33.2 Å². The molecule has 1 saturated heterocycles. The first-order valence-electron chi connectivity index (χ1n) is 16.0. The molecule has 3 aliphatic carbocycles. The Labute approximate surface area is 319 Å². The molecule has 9 nitrogen and oxygen atoms in total. The third kappa shape index (κ3) is 5.81. The van der Waals surface area contributed by atoms with E-state index in [9.17, 15) is 24.3 Å². The van der Waals surface area contributed by atoms with E-state index in [2.05, 4.69) is 47.8 Å². The van der Waals surface area contributed by atoms with Crippen molar-refractivity contribution in [1.82, 2.24) is 0 Å². The Hall–Kier alpha value is -4.26. The first-order valence-corrected chi connectivity index (χ1v) is 18.4. The van der Waals surface area contributed by atoms with Crippen molar-refractivity contribution in [3.8, 4) is 23.0 Å². The number of phenolic OH excluding ortho intramolecular Hbond substituents is 1. The van der Waals surface area contributed by atoms with Gasteiger partial charge in [0.15, 0.2) is 23.1 Å². The topological polar surface area (TPSA) is 119 Å². The number of hydrogen-bond donors (Lipinski definition) is 1. The van der Waals surface area contributed by atoms with Crippen LogP contribution in [0.4, 0.5) is 5.69 Å². The fraction of sp³-hybridized carbons (Fsp3) is 0.231. The smallest absolute Gasteiger partial charge is 0.238 e. The van der Waals surface area contributed by atoms with Gasteiger partial charge in [-0.05, 0) is 114 Å². The summed E-state index contributed by atoms with van der Waals surface area (Å²) in [7, 11) is 4.62. The van der Waals surface area contributed by atoms with Gasteiger partial charge in [-0.3, -0.25) is 24.1 Å². The Bertz CT molecular complexity index is 2170. The van der Waals surface area contributed by atoms with Gasteiger partial charge in [0.1, 0.15) is 11.5 Å². The molecule has 0 aromatic heterocycles. The number of nitrogens with zero attached hydrogens (tertiary/aromatic N) is 1. The third-order valence-corrected chi connectivity index (χ3v) is 12.8. The Morgan fingerprint density at radius 1 is 0.824 bits per heavy atom. The average Bonchev–Trinajstić information content (AvgIpc) is 3.40. The minimum absolute atomic E-state index is 0.130. The first kappa shape index (κ1) is 35.2. The fourth-order valence-corrected chi connectivity index (χ4v) is 9.09. The quantitative estimate of drug-likeness (QED) is 0.110. The van der Waals surface area contributed by atoms with Crippen LogP contribution in [0.15, 0.2) is 90.8 Å². The number of phenols is 1. The van der Waals surface area contributed by atoms with Crippen LogP contribution in [0, 0.1) is 17.8 Å². The maximum Gasteiger partial charge on any atom is 0.238 e. The summed E-state index contributed by atoms with van der Waals surface area (Å²) in [6.07, 6.45) is 7.44. The van der Waals surface area contributed by atoms with Crippen LogP contribution < -0.4 is 19.1 Å². The molecule has 0 bridgehead atoms. The predicted molar refractivity (Wildman–Crippen MR) is 202 cm³/mol. The molecule has 260 valence electrons. The molecule has 0 spiro atoms. The number of benzene rings is 3. The van der Waals surface area contributed by atoms with Crippen LogP contribution in [-0.4, -0.2) is 49.8 Å². The van der Waals surface area contributed by atoms with Crippen molar-refractivity contribution in [2.24, 2.45) is 17.8 Å². The molecule has 4 aliphatic rings. The van der Waals surface area contributed by atoms with E-state index in [4.69, 9.17) is 14.2 Å². The van der Waals surface area contributed by atoms with Crippen molar-refractivity contribution in [1.29, 1.82) is 0 Å². The Balaban J connectivity index is 1.24. The number of carbonyl (C=O) groups is 4. The van der Waals surface area contributed by atoms with Crippen LogP contribution in [-0.2, 0) is 19.2 Å². The van der Waals surface area contributed by atoms with Crippen molar-refractivity contribution < 1.29 is 38.5 Å². The largest absolute Gasteiger partial charge is 0.503 e. The van der Waals surface area contributed by atoms with Crippen LogP contribution in [0.3, 0.4) is 0 Å². The lowest BCUT2D eigenvalue weighted by molar-refractivity contribution is -0.123. The number of aromatic hydroxyl groups is 1. The number of imide groups is 1. The van der Waals surface area contributed by atoms with Crippen LogP contribution >= 0.6 is 47.8 Å². The highest BCUT2D eigenvalue weighted by Crippen LogP contribution is 2.58. The fourth-order valence-electron chi connectivity index (χ4n) is 7.68. The Kier molecular flexibility index (Phi) is 9.45. The number of hydrogen-bond acceptors (Lipinski definition) is 8. The lowest BCUT2D eigenvalue weighted by Gasteiger charge is -2.42. The molecule has 1 aliphatic heterocycles. The highest BCUT2D eigenvalue weighted by atomic mass is 79.9. The number of anilines is 1. The van der Waals surface area contributed by atoms with E-state index in [1.54, 1.807) is 32.4 Å². The van der Waals surface area contributed by atoms with Gasteiger partial charge in [-0.15, -0.1) is 0 Å². The minimum atomic E-state index is -0.747. The van der Waals surface area contributed by atoms with E-state index in [0.717, 1.165) is 16.7 Å². The third-order valence-electron chi connectivity index (χ3n) is 10.1.